The zero-order chi connectivity index (χ0) is 40.2. The second kappa shape index (κ2) is 17.6. The van der Waals surface area contributed by atoms with Crippen molar-refractivity contribution in [3.8, 4) is 28.7 Å². The summed E-state index contributed by atoms with van der Waals surface area (Å²) >= 11 is 12.2. The summed E-state index contributed by atoms with van der Waals surface area (Å²) < 4.78 is 24.8. The first kappa shape index (κ1) is 39.4. The van der Waals surface area contributed by atoms with E-state index in [-0.39, 0.29) is 30.6 Å². The van der Waals surface area contributed by atoms with Crippen LogP contribution in [0.25, 0.3) is 0 Å². The van der Waals surface area contributed by atoms with Crippen LogP contribution in [0.15, 0.2) is 91.1 Å². The number of carbonyl (C=O) groups is 2. The predicted octanol–water partition coefficient (Wildman–Crippen LogP) is 9.63. The summed E-state index contributed by atoms with van der Waals surface area (Å²) in [4.78, 5) is 33.7. The number of benzene rings is 4. The van der Waals surface area contributed by atoms with Gasteiger partial charge >= 0.3 is 6.03 Å². The Kier molecular flexibility index (Phi) is 11.9. The van der Waals surface area contributed by atoms with E-state index in [0.717, 1.165) is 76.3 Å². The van der Waals surface area contributed by atoms with E-state index in [1.807, 2.05) is 86.6 Å². The third kappa shape index (κ3) is 9.14. The van der Waals surface area contributed by atoms with Crippen LogP contribution in [-0.4, -0.2) is 47.1 Å². The molecular weight excluding hydrogens is 775 g/mol. The van der Waals surface area contributed by atoms with E-state index in [1.165, 1.54) is 0 Å². The quantitative estimate of drug-likeness (QED) is 0.137. The fourth-order valence-electron chi connectivity index (χ4n) is 7.69. The number of amides is 3. The number of hydrogen-bond acceptors (Lipinski definition) is 7. The monoisotopic (exact) mass is 820 g/mol. The second-order valence-electron chi connectivity index (χ2n) is 15.2. The van der Waals surface area contributed by atoms with Gasteiger partial charge < -0.3 is 34.5 Å². The number of carbonyl (C=O) groups excluding carboxylic acids is 2. The van der Waals surface area contributed by atoms with Crippen molar-refractivity contribution in [2.45, 2.75) is 83.7 Å². The van der Waals surface area contributed by atoms with E-state index in [4.69, 9.17) is 42.1 Å². The normalized spacial score (nSPS) is 17.3. The van der Waals surface area contributed by atoms with Crippen LogP contribution >= 0.6 is 23.2 Å². The molecule has 2 unspecified atom stereocenters. The molecule has 58 heavy (non-hydrogen) atoms. The summed E-state index contributed by atoms with van der Waals surface area (Å²) in [6.07, 6.45) is 6.48. The molecule has 300 valence electrons. The zero-order valence-corrected chi connectivity index (χ0v) is 34.1. The van der Waals surface area contributed by atoms with Gasteiger partial charge in [0.25, 0.3) is 0 Å². The molecule has 5 aromatic rings. The molecule has 2 N–H and O–H groups in total. The number of nitrogens with zero attached hydrogens (tertiary/aromatic N) is 2. The standard InChI is InChI=1S/C46H46Cl2N4O6/c1-28-29(2)49-20-18-41(28)57-37-12-7-30(8-13-37)17-19-50-45(53)40-22-33-23-42-43(24-34(33)25-52(40)46(54)51-35-5-3-4-6-35)58-44(27-56-42)32-10-14-36(15-11-32)55-26-31-9-16-38(47)39(48)21-31/h7-16,18,20-21,23-24,35,40,44H,3-6,17,19,22,25-27H2,1-2H3,(H,50,53)(H,51,54). The summed E-state index contributed by atoms with van der Waals surface area (Å²) in [7, 11) is 0. The van der Waals surface area contributed by atoms with Crippen LogP contribution in [0.1, 0.15) is 70.9 Å². The lowest BCUT2D eigenvalue weighted by Gasteiger charge is -2.37. The lowest BCUT2D eigenvalue weighted by Crippen LogP contribution is -2.56. The van der Waals surface area contributed by atoms with Crippen molar-refractivity contribution in [3.05, 3.63) is 140 Å². The lowest BCUT2D eigenvalue weighted by atomic mass is 9.92. The molecule has 8 rings (SSSR count). The molecule has 3 aliphatic rings. The van der Waals surface area contributed by atoms with Crippen molar-refractivity contribution in [3.63, 3.8) is 0 Å². The van der Waals surface area contributed by atoms with Gasteiger partial charge in [-0.15, -0.1) is 0 Å². The fraction of sp³-hybridized carbons (Fsp3) is 0.326. The van der Waals surface area contributed by atoms with Gasteiger partial charge in [0.1, 0.15) is 36.5 Å². The summed E-state index contributed by atoms with van der Waals surface area (Å²) in [5, 5.41) is 7.32. The van der Waals surface area contributed by atoms with E-state index in [1.54, 1.807) is 23.2 Å². The predicted molar refractivity (Wildman–Crippen MR) is 223 cm³/mol. The number of aryl methyl sites for hydroxylation is 1. The first-order chi connectivity index (χ1) is 28.2. The highest BCUT2D eigenvalue weighted by molar-refractivity contribution is 6.42. The summed E-state index contributed by atoms with van der Waals surface area (Å²) in [5.74, 6) is 3.27. The number of fused-ring (bicyclic) bond motifs is 2. The number of urea groups is 1. The van der Waals surface area contributed by atoms with Gasteiger partial charge in [-0.1, -0.05) is 66.4 Å². The SMILES string of the molecule is Cc1nccc(Oc2ccc(CCNC(=O)C3Cc4cc5c(cc4CN3C(=O)NC3CCCC3)OC(c3ccc(OCc4ccc(Cl)c(Cl)c4)cc3)CO5)cc2)c1C. The minimum atomic E-state index is -0.676. The molecule has 0 saturated heterocycles. The summed E-state index contributed by atoms with van der Waals surface area (Å²) in [6.45, 7) is 5.33. The maximum absolute atomic E-state index is 13.9. The highest BCUT2D eigenvalue weighted by Crippen LogP contribution is 2.41. The van der Waals surface area contributed by atoms with Crippen LogP contribution in [-0.2, 0) is 30.8 Å². The van der Waals surface area contributed by atoms with Crippen LogP contribution in [0.2, 0.25) is 10.0 Å². The molecule has 12 heteroatoms. The number of ether oxygens (including phenoxy) is 4. The Morgan fingerprint density at radius 3 is 2.38 bits per heavy atom. The molecule has 1 fully saturated rings. The van der Waals surface area contributed by atoms with Crippen LogP contribution in [0.5, 0.6) is 28.7 Å². The first-order valence-corrected chi connectivity index (χ1v) is 20.6. The maximum Gasteiger partial charge on any atom is 0.318 e. The number of rotatable bonds is 11. The average Bonchev–Trinajstić information content (AvgIpc) is 3.75. The molecule has 1 aliphatic carbocycles. The van der Waals surface area contributed by atoms with Gasteiger partial charge in [-0.05, 0) is 116 Å². The van der Waals surface area contributed by atoms with E-state index in [0.29, 0.717) is 59.9 Å². The van der Waals surface area contributed by atoms with Crippen molar-refractivity contribution in [1.82, 2.24) is 20.5 Å². The largest absolute Gasteiger partial charge is 0.489 e. The summed E-state index contributed by atoms with van der Waals surface area (Å²) in [5.41, 5.74) is 6.75. The van der Waals surface area contributed by atoms with Crippen molar-refractivity contribution in [1.29, 1.82) is 0 Å². The minimum Gasteiger partial charge on any atom is -0.489 e. The summed E-state index contributed by atoms with van der Waals surface area (Å²) in [6, 6.07) is 26.0. The Hall–Kier alpha value is -5.45. The second-order valence-corrected chi connectivity index (χ2v) is 16.0. The third-order valence-corrected chi connectivity index (χ3v) is 12.0. The molecule has 3 amide bonds. The average molecular weight is 822 g/mol. The molecule has 2 atom stereocenters. The third-order valence-electron chi connectivity index (χ3n) is 11.2. The minimum absolute atomic E-state index is 0.116. The molecule has 4 aromatic carbocycles. The topological polar surface area (TPSA) is 111 Å². The van der Waals surface area contributed by atoms with Crippen molar-refractivity contribution in [2.24, 2.45) is 0 Å². The first-order valence-electron chi connectivity index (χ1n) is 19.8. The Morgan fingerprint density at radius 2 is 1.60 bits per heavy atom. The molecule has 0 radical (unpaired) electrons. The number of pyridine rings is 1. The zero-order valence-electron chi connectivity index (χ0n) is 32.6. The van der Waals surface area contributed by atoms with Gasteiger partial charge in [0.05, 0.1) is 10.0 Å². The van der Waals surface area contributed by atoms with Crippen molar-refractivity contribution in [2.75, 3.05) is 13.2 Å². The number of nitrogens with one attached hydrogen (secondary N) is 2. The number of hydrogen-bond donors (Lipinski definition) is 2. The van der Waals surface area contributed by atoms with Gasteiger partial charge in [-0.2, -0.15) is 0 Å². The van der Waals surface area contributed by atoms with Gasteiger partial charge in [0.2, 0.25) is 5.91 Å². The Bertz CT molecular complexity index is 2280. The Morgan fingerprint density at radius 1 is 0.862 bits per heavy atom. The molecule has 1 aromatic heterocycles. The molecule has 2 aliphatic heterocycles. The van der Waals surface area contributed by atoms with E-state index in [2.05, 4.69) is 15.6 Å². The van der Waals surface area contributed by atoms with Crippen molar-refractivity contribution < 1.29 is 28.5 Å². The van der Waals surface area contributed by atoms with Crippen LogP contribution < -0.4 is 29.6 Å². The smallest absolute Gasteiger partial charge is 0.318 e. The lowest BCUT2D eigenvalue weighted by molar-refractivity contribution is -0.125. The Labute approximate surface area is 348 Å². The van der Waals surface area contributed by atoms with E-state index in [9.17, 15) is 9.59 Å². The highest BCUT2D eigenvalue weighted by Gasteiger charge is 2.37. The van der Waals surface area contributed by atoms with E-state index < -0.39 is 6.04 Å². The molecule has 0 spiro atoms. The van der Waals surface area contributed by atoms with Gasteiger partial charge in [-0.25, -0.2) is 4.79 Å². The fourth-order valence-corrected chi connectivity index (χ4v) is 8.01. The molecule has 0 bridgehead atoms. The Balaban J connectivity index is 0.910. The molecule has 3 heterocycles. The molecular formula is C46H46Cl2N4O6. The maximum atomic E-state index is 13.9. The van der Waals surface area contributed by atoms with Gasteiger partial charge in [0.15, 0.2) is 17.6 Å². The van der Waals surface area contributed by atoms with E-state index >= 15 is 0 Å². The van der Waals surface area contributed by atoms with Crippen LogP contribution in [0, 0.1) is 13.8 Å². The molecule has 10 nitrogen and oxygen atoms in total. The molecule has 1 saturated carbocycles. The highest BCUT2D eigenvalue weighted by atomic mass is 35.5. The van der Waals surface area contributed by atoms with Crippen LogP contribution in [0.3, 0.4) is 0 Å². The van der Waals surface area contributed by atoms with Gasteiger partial charge in [-0.3, -0.25) is 9.78 Å². The van der Waals surface area contributed by atoms with Gasteiger partial charge in [0, 0.05) is 43.0 Å². The number of halogens is 2. The van der Waals surface area contributed by atoms with Crippen LogP contribution in [0.4, 0.5) is 4.79 Å². The van der Waals surface area contributed by atoms with Crippen molar-refractivity contribution >= 4 is 35.1 Å². The number of aromatic nitrogens is 1.